The molecule has 0 unspecified atom stereocenters. The fraction of sp³-hybridized carbons (Fsp3) is 1.00. The molecular weight excluding hydrogens is 176 g/mol. The van der Waals surface area contributed by atoms with Gasteiger partial charge in [0.05, 0.1) is 18.8 Å². The lowest BCUT2D eigenvalue weighted by atomic mass is 9.94. The predicted octanol–water partition coefficient (Wildman–Crippen LogP) is 1.75. The second kappa shape index (κ2) is 3.50. The molecule has 13 heavy (non-hydrogen) atoms. The van der Waals surface area contributed by atoms with Crippen molar-refractivity contribution in [1.82, 2.24) is 4.90 Å². The Hall–Kier alpha value is -0.220. The van der Waals surface area contributed by atoms with Crippen LogP contribution in [-0.4, -0.2) is 42.7 Å². The van der Waals surface area contributed by atoms with Gasteiger partial charge in [-0.05, 0) is 27.8 Å². The van der Waals surface area contributed by atoms with Crippen LogP contribution in [0.2, 0.25) is 0 Å². The Morgan fingerprint density at radius 1 is 1.38 bits per heavy atom. The van der Waals surface area contributed by atoms with E-state index in [2.05, 4.69) is 0 Å². The van der Waals surface area contributed by atoms with Crippen LogP contribution in [0, 0.1) is 0 Å². The Bertz CT molecular complexity index is 184. The maximum Gasteiger partial charge on any atom is 0.278 e. The van der Waals surface area contributed by atoms with Gasteiger partial charge in [-0.3, -0.25) is 4.90 Å². The molecule has 1 rings (SSSR count). The fourth-order valence-corrected chi connectivity index (χ4v) is 1.94. The Labute approximate surface area is 77.9 Å². The Morgan fingerprint density at radius 2 is 1.92 bits per heavy atom. The second-order valence-electron chi connectivity index (χ2n) is 4.01. The van der Waals surface area contributed by atoms with Crippen LogP contribution < -0.4 is 0 Å². The number of likely N-dealkylation sites (tertiary alicyclic amines) is 1. The topological polar surface area (TPSA) is 12.5 Å². The summed E-state index contributed by atoms with van der Waals surface area (Å²) < 4.78 is 31.4. The summed E-state index contributed by atoms with van der Waals surface area (Å²) in [5, 5.41) is 0. The third-order valence-corrected chi connectivity index (χ3v) is 2.30. The van der Waals surface area contributed by atoms with Gasteiger partial charge >= 0.3 is 0 Å². The summed E-state index contributed by atoms with van der Waals surface area (Å²) in [6.07, 6.45) is -0.409. The molecule has 0 bridgehead atoms. The van der Waals surface area contributed by atoms with Gasteiger partial charge in [-0.25, -0.2) is 8.78 Å². The summed E-state index contributed by atoms with van der Waals surface area (Å²) in [6.45, 7) is 5.26. The van der Waals surface area contributed by atoms with Gasteiger partial charge in [-0.1, -0.05) is 0 Å². The van der Waals surface area contributed by atoms with E-state index in [0.717, 1.165) is 0 Å². The van der Waals surface area contributed by atoms with Gasteiger partial charge in [0.15, 0.2) is 0 Å². The summed E-state index contributed by atoms with van der Waals surface area (Å²) in [7, 11) is 1.70. The van der Waals surface area contributed by atoms with Crippen LogP contribution in [0.1, 0.15) is 20.8 Å². The van der Waals surface area contributed by atoms with E-state index in [0.29, 0.717) is 0 Å². The zero-order chi connectivity index (χ0) is 10.2. The monoisotopic (exact) mass is 193 g/mol. The standard InChI is InChI=1S/C9H17F2NO/c1-6(2)13-7(3)8-9(10,11)5-12(8)4/h6-8H,5H2,1-4H3/t7-,8+/m0/s1. The minimum Gasteiger partial charge on any atom is -0.374 e. The number of halogens is 2. The average Bonchev–Trinajstić information content (AvgIpc) is 1.80. The molecule has 1 heterocycles. The zero-order valence-electron chi connectivity index (χ0n) is 8.55. The van der Waals surface area contributed by atoms with Crippen LogP contribution in [0.4, 0.5) is 8.78 Å². The number of nitrogens with zero attached hydrogens (tertiary/aromatic N) is 1. The molecule has 0 aromatic carbocycles. The smallest absolute Gasteiger partial charge is 0.278 e. The molecule has 1 fully saturated rings. The van der Waals surface area contributed by atoms with Crippen LogP contribution in [0.25, 0.3) is 0 Å². The summed E-state index contributed by atoms with van der Waals surface area (Å²) in [5.74, 6) is -2.58. The summed E-state index contributed by atoms with van der Waals surface area (Å²) >= 11 is 0. The van der Waals surface area contributed by atoms with Crippen molar-refractivity contribution in [3.63, 3.8) is 0 Å². The molecule has 0 N–H and O–H groups in total. The van der Waals surface area contributed by atoms with E-state index in [1.54, 1.807) is 18.9 Å². The van der Waals surface area contributed by atoms with Crippen LogP contribution in [0.5, 0.6) is 0 Å². The third-order valence-electron chi connectivity index (χ3n) is 2.30. The lowest BCUT2D eigenvalue weighted by molar-refractivity contribution is -0.216. The van der Waals surface area contributed by atoms with Gasteiger partial charge in [-0.15, -0.1) is 0 Å². The molecular formula is C9H17F2NO. The Kier molecular flexibility index (Phi) is 2.92. The number of ether oxygens (including phenoxy) is 1. The van der Waals surface area contributed by atoms with E-state index < -0.39 is 18.1 Å². The molecule has 1 saturated heterocycles. The van der Waals surface area contributed by atoms with Gasteiger partial charge in [-0.2, -0.15) is 0 Å². The highest BCUT2D eigenvalue weighted by atomic mass is 19.3. The van der Waals surface area contributed by atoms with Gasteiger partial charge in [0, 0.05) is 0 Å². The van der Waals surface area contributed by atoms with Gasteiger partial charge in [0.25, 0.3) is 5.92 Å². The maximum atomic E-state index is 13.0. The third kappa shape index (κ3) is 2.17. The average molecular weight is 193 g/mol. The molecule has 2 nitrogen and oxygen atoms in total. The van der Waals surface area contributed by atoms with Crippen molar-refractivity contribution in [2.24, 2.45) is 0 Å². The largest absolute Gasteiger partial charge is 0.374 e. The van der Waals surface area contributed by atoms with Crippen molar-refractivity contribution in [1.29, 1.82) is 0 Å². The van der Waals surface area contributed by atoms with Gasteiger partial charge < -0.3 is 4.74 Å². The van der Waals surface area contributed by atoms with Crippen LogP contribution in [0.15, 0.2) is 0 Å². The van der Waals surface area contributed by atoms with Gasteiger partial charge in [0.2, 0.25) is 0 Å². The molecule has 0 aromatic heterocycles. The van der Waals surface area contributed by atoms with E-state index in [-0.39, 0.29) is 12.6 Å². The first-order chi connectivity index (χ1) is 5.84. The summed E-state index contributed by atoms with van der Waals surface area (Å²) in [4.78, 5) is 1.63. The number of hydrogen-bond donors (Lipinski definition) is 0. The first-order valence-corrected chi connectivity index (χ1v) is 4.58. The molecule has 78 valence electrons. The summed E-state index contributed by atoms with van der Waals surface area (Å²) in [5.41, 5.74) is 0. The fourth-order valence-electron chi connectivity index (χ4n) is 1.94. The highest BCUT2D eigenvalue weighted by molar-refractivity contribution is 5.00. The number of alkyl halides is 2. The first-order valence-electron chi connectivity index (χ1n) is 4.58. The predicted molar refractivity (Wildman–Crippen MR) is 47.0 cm³/mol. The SMILES string of the molecule is CC(C)O[C@@H](C)[C@H]1N(C)CC1(F)F. The van der Waals surface area contributed by atoms with Crippen molar-refractivity contribution in [2.75, 3.05) is 13.6 Å². The van der Waals surface area contributed by atoms with Crippen molar-refractivity contribution in [3.8, 4) is 0 Å². The van der Waals surface area contributed by atoms with Crippen LogP contribution in [0.3, 0.4) is 0 Å². The lowest BCUT2D eigenvalue weighted by Crippen LogP contribution is -2.67. The van der Waals surface area contributed by atoms with E-state index in [1.165, 1.54) is 0 Å². The highest BCUT2D eigenvalue weighted by Crippen LogP contribution is 2.36. The van der Waals surface area contributed by atoms with Gasteiger partial charge in [0.1, 0.15) is 6.04 Å². The highest BCUT2D eigenvalue weighted by Gasteiger charge is 2.55. The van der Waals surface area contributed by atoms with E-state index in [1.807, 2.05) is 13.8 Å². The minimum absolute atomic E-state index is 0.000185. The quantitative estimate of drug-likeness (QED) is 0.677. The Morgan fingerprint density at radius 3 is 2.23 bits per heavy atom. The number of likely N-dealkylation sites (N-methyl/N-ethyl adjacent to an activating group) is 1. The van der Waals surface area contributed by atoms with Crippen molar-refractivity contribution in [3.05, 3.63) is 0 Å². The molecule has 0 spiro atoms. The molecule has 0 saturated carbocycles. The van der Waals surface area contributed by atoms with E-state index >= 15 is 0 Å². The van der Waals surface area contributed by atoms with Crippen molar-refractivity contribution >= 4 is 0 Å². The normalized spacial score (nSPS) is 30.2. The molecule has 1 aliphatic heterocycles. The molecule has 0 radical (unpaired) electrons. The van der Waals surface area contributed by atoms with Crippen molar-refractivity contribution < 1.29 is 13.5 Å². The molecule has 2 atom stereocenters. The van der Waals surface area contributed by atoms with E-state index in [4.69, 9.17) is 4.74 Å². The second-order valence-corrected chi connectivity index (χ2v) is 4.01. The maximum absolute atomic E-state index is 13.0. The van der Waals surface area contributed by atoms with Crippen LogP contribution >= 0.6 is 0 Å². The first kappa shape index (κ1) is 10.9. The number of rotatable bonds is 3. The van der Waals surface area contributed by atoms with Crippen molar-refractivity contribution in [2.45, 2.75) is 44.9 Å². The summed E-state index contributed by atoms with van der Waals surface area (Å²) in [6, 6.07) is -0.755. The lowest BCUT2D eigenvalue weighted by Gasteiger charge is -2.48. The minimum atomic E-state index is -2.58. The molecule has 0 aliphatic carbocycles. The molecule has 0 aromatic rings. The van der Waals surface area contributed by atoms with Crippen LogP contribution in [-0.2, 0) is 4.74 Å². The van der Waals surface area contributed by atoms with E-state index in [9.17, 15) is 8.78 Å². The number of hydrogen-bond acceptors (Lipinski definition) is 2. The molecule has 4 heteroatoms. The Balaban J connectivity index is 2.50. The zero-order valence-corrected chi connectivity index (χ0v) is 8.55. The molecule has 0 amide bonds. The molecule has 1 aliphatic rings.